The topological polar surface area (TPSA) is 83.4 Å². The number of aromatic nitrogens is 1. The highest BCUT2D eigenvalue weighted by molar-refractivity contribution is 5.46. The largest absolute Gasteiger partial charge is 0.398 e. The smallest absolute Gasteiger partial charge is 0.0663 e. The number of nitrogens with two attached hydrogens (primary N) is 2. The maximum atomic E-state index is 6.06. The van der Waals surface area contributed by atoms with Crippen molar-refractivity contribution in [2.75, 3.05) is 39.5 Å². The van der Waals surface area contributed by atoms with Crippen molar-refractivity contribution >= 4 is 5.69 Å². The molecule has 1 saturated heterocycles. The molecular weight excluding hydrogens is 240 g/mol. The van der Waals surface area contributed by atoms with Gasteiger partial charge in [0.1, 0.15) is 0 Å². The van der Waals surface area contributed by atoms with Gasteiger partial charge in [-0.1, -0.05) is 0 Å². The third kappa shape index (κ3) is 3.22. The zero-order chi connectivity index (χ0) is 13.8. The van der Waals surface area contributed by atoms with Crippen molar-refractivity contribution in [3.63, 3.8) is 0 Å². The van der Waals surface area contributed by atoms with Gasteiger partial charge in [0.05, 0.1) is 6.04 Å². The van der Waals surface area contributed by atoms with Crippen molar-refractivity contribution in [2.24, 2.45) is 5.84 Å². The van der Waals surface area contributed by atoms with Gasteiger partial charge in [0, 0.05) is 36.2 Å². The van der Waals surface area contributed by atoms with E-state index in [0.29, 0.717) is 0 Å². The number of anilines is 1. The van der Waals surface area contributed by atoms with Crippen LogP contribution in [0.3, 0.4) is 0 Å². The van der Waals surface area contributed by atoms with E-state index in [1.807, 2.05) is 6.07 Å². The molecule has 6 heteroatoms. The fourth-order valence-corrected chi connectivity index (χ4v) is 2.75. The average Bonchev–Trinajstić information content (AvgIpc) is 2.55. The molecule has 2 rings (SSSR count). The Labute approximate surface area is 114 Å². The number of hydrogen-bond donors (Lipinski definition) is 3. The van der Waals surface area contributed by atoms with Crippen LogP contribution >= 0.6 is 0 Å². The second-order valence-electron chi connectivity index (χ2n) is 5.31. The zero-order valence-electron chi connectivity index (χ0n) is 11.7. The van der Waals surface area contributed by atoms with Crippen LogP contribution in [-0.4, -0.2) is 54.6 Å². The highest BCUT2D eigenvalue weighted by atomic mass is 15.3. The highest BCUT2D eigenvalue weighted by Gasteiger charge is 2.30. The number of hydrazine groups is 1. The molecule has 0 spiro atoms. The first-order chi connectivity index (χ1) is 9.13. The molecule has 1 fully saturated rings. The maximum absolute atomic E-state index is 6.06. The van der Waals surface area contributed by atoms with Crippen LogP contribution in [0.4, 0.5) is 5.69 Å². The normalized spacial score (nSPS) is 24.1. The Hall–Kier alpha value is -1.21. The summed E-state index contributed by atoms with van der Waals surface area (Å²) in [6.45, 7) is 3.13. The SMILES string of the molecule is CN1CCCN(C)C(C(NN)c2cnccc2N)C1. The monoisotopic (exact) mass is 264 g/mol. The van der Waals surface area contributed by atoms with E-state index in [0.717, 1.165) is 30.9 Å². The van der Waals surface area contributed by atoms with Gasteiger partial charge in [-0.2, -0.15) is 0 Å². The molecule has 1 aromatic rings. The Kier molecular flexibility index (Phi) is 4.71. The van der Waals surface area contributed by atoms with Gasteiger partial charge >= 0.3 is 0 Å². The Morgan fingerprint density at radius 3 is 2.89 bits per heavy atom. The lowest BCUT2D eigenvalue weighted by molar-refractivity contribution is 0.179. The number of likely N-dealkylation sites (N-methyl/N-ethyl adjacent to an activating group) is 2. The minimum Gasteiger partial charge on any atom is -0.398 e. The van der Waals surface area contributed by atoms with Gasteiger partial charge in [-0.05, 0) is 39.7 Å². The van der Waals surface area contributed by atoms with Crippen LogP contribution in [-0.2, 0) is 0 Å². The van der Waals surface area contributed by atoms with E-state index in [1.54, 1.807) is 12.4 Å². The van der Waals surface area contributed by atoms with Gasteiger partial charge in [0.15, 0.2) is 0 Å². The van der Waals surface area contributed by atoms with Crippen LogP contribution in [0.25, 0.3) is 0 Å². The molecule has 1 aromatic heterocycles. The lowest BCUT2D eigenvalue weighted by atomic mass is 9.98. The lowest BCUT2D eigenvalue weighted by Crippen LogP contribution is -2.49. The van der Waals surface area contributed by atoms with Gasteiger partial charge < -0.3 is 15.5 Å². The van der Waals surface area contributed by atoms with Gasteiger partial charge in [0.2, 0.25) is 0 Å². The number of hydrogen-bond acceptors (Lipinski definition) is 6. The third-order valence-corrected chi connectivity index (χ3v) is 3.90. The van der Waals surface area contributed by atoms with Crippen LogP contribution < -0.4 is 17.0 Å². The number of nitrogens with zero attached hydrogens (tertiary/aromatic N) is 3. The van der Waals surface area contributed by atoms with E-state index in [9.17, 15) is 0 Å². The third-order valence-electron chi connectivity index (χ3n) is 3.90. The van der Waals surface area contributed by atoms with Gasteiger partial charge in [-0.15, -0.1) is 0 Å². The molecule has 0 aromatic carbocycles. The molecule has 0 radical (unpaired) electrons. The Morgan fingerprint density at radius 1 is 1.42 bits per heavy atom. The number of rotatable bonds is 3. The molecule has 6 nitrogen and oxygen atoms in total. The summed E-state index contributed by atoms with van der Waals surface area (Å²) in [5.74, 6) is 5.78. The van der Waals surface area contributed by atoms with Gasteiger partial charge in [-0.25, -0.2) is 0 Å². The summed E-state index contributed by atoms with van der Waals surface area (Å²) >= 11 is 0. The van der Waals surface area contributed by atoms with Crippen molar-refractivity contribution < 1.29 is 0 Å². The van der Waals surface area contributed by atoms with Crippen molar-refractivity contribution in [1.82, 2.24) is 20.2 Å². The summed E-state index contributed by atoms with van der Waals surface area (Å²) in [5, 5.41) is 0. The molecule has 0 saturated carbocycles. The predicted octanol–water partition coefficient (Wildman–Crippen LogP) is -0.196. The van der Waals surface area contributed by atoms with E-state index in [1.165, 1.54) is 6.42 Å². The van der Waals surface area contributed by atoms with Crippen molar-refractivity contribution in [1.29, 1.82) is 0 Å². The van der Waals surface area contributed by atoms with E-state index in [2.05, 4.69) is 34.3 Å². The maximum Gasteiger partial charge on any atom is 0.0663 e. The van der Waals surface area contributed by atoms with Crippen LogP contribution in [0, 0.1) is 0 Å². The molecule has 0 amide bonds. The highest BCUT2D eigenvalue weighted by Crippen LogP contribution is 2.25. The van der Waals surface area contributed by atoms with Crippen LogP contribution in [0.1, 0.15) is 18.0 Å². The van der Waals surface area contributed by atoms with E-state index in [-0.39, 0.29) is 12.1 Å². The van der Waals surface area contributed by atoms with Crippen LogP contribution in [0.15, 0.2) is 18.5 Å². The first-order valence-electron chi connectivity index (χ1n) is 6.67. The second kappa shape index (κ2) is 6.29. The number of nitrogen functional groups attached to an aromatic ring is 1. The molecule has 1 aliphatic heterocycles. The van der Waals surface area contributed by atoms with Crippen molar-refractivity contribution in [2.45, 2.75) is 18.5 Å². The fraction of sp³-hybridized carbons (Fsp3) is 0.615. The molecule has 0 aliphatic carbocycles. The standard InChI is InChI=1S/C13H24N6/c1-18-6-3-7-19(2)12(9-18)13(17-15)10-8-16-5-4-11(10)14/h4-5,8,12-13,17H,3,6-7,9,15H2,1-2H3,(H2,14,16). The van der Waals surface area contributed by atoms with E-state index >= 15 is 0 Å². The zero-order valence-corrected chi connectivity index (χ0v) is 11.7. The summed E-state index contributed by atoms with van der Waals surface area (Å²) in [7, 11) is 4.28. The molecule has 106 valence electrons. The average molecular weight is 264 g/mol. The molecule has 1 aliphatic rings. The minimum atomic E-state index is -0.0146. The quantitative estimate of drug-likeness (QED) is 0.518. The summed E-state index contributed by atoms with van der Waals surface area (Å²) in [6, 6.07) is 2.09. The first-order valence-corrected chi connectivity index (χ1v) is 6.67. The Morgan fingerprint density at radius 2 is 2.21 bits per heavy atom. The van der Waals surface area contributed by atoms with Crippen LogP contribution in [0.5, 0.6) is 0 Å². The number of nitrogens with one attached hydrogen (secondary N) is 1. The molecule has 5 N–H and O–H groups in total. The Bertz CT molecular complexity index is 410. The van der Waals surface area contributed by atoms with E-state index in [4.69, 9.17) is 11.6 Å². The first kappa shape index (κ1) is 14.2. The molecule has 2 atom stereocenters. The molecule has 0 bridgehead atoms. The summed E-state index contributed by atoms with van der Waals surface area (Å²) in [4.78, 5) is 8.86. The van der Waals surface area contributed by atoms with Crippen molar-refractivity contribution in [3.8, 4) is 0 Å². The molecular formula is C13H24N6. The minimum absolute atomic E-state index is 0.0146. The molecule has 2 heterocycles. The summed E-state index contributed by atoms with van der Waals surface area (Å²) in [5.41, 5.74) is 10.7. The molecule has 2 unspecified atom stereocenters. The fourth-order valence-electron chi connectivity index (χ4n) is 2.75. The predicted molar refractivity (Wildman–Crippen MR) is 77.2 cm³/mol. The van der Waals surface area contributed by atoms with Crippen LogP contribution in [0.2, 0.25) is 0 Å². The lowest BCUT2D eigenvalue weighted by Gasteiger charge is -2.34. The van der Waals surface area contributed by atoms with Crippen molar-refractivity contribution in [3.05, 3.63) is 24.0 Å². The van der Waals surface area contributed by atoms with Gasteiger partial charge in [0.25, 0.3) is 0 Å². The van der Waals surface area contributed by atoms with E-state index < -0.39 is 0 Å². The number of pyridine rings is 1. The molecule has 19 heavy (non-hydrogen) atoms. The summed E-state index contributed by atoms with van der Waals surface area (Å²) < 4.78 is 0. The second-order valence-corrected chi connectivity index (χ2v) is 5.31. The summed E-state index contributed by atoms with van der Waals surface area (Å²) in [6.07, 6.45) is 4.68. The Balaban J connectivity index is 2.27. The van der Waals surface area contributed by atoms with Gasteiger partial charge in [-0.3, -0.25) is 16.3 Å².